The van der Waals surface area contributed by atoms with Crippen LogP contribution in [-0.4, -0.2) is 31.4 Å². The third-order valence-electron chi connectivity index (χ3n) is 4.66. The smallest absolute Gasteiger partial charge is 0.413 e. The molecule has 0 radical (unpaired) electrons. The summed E-state index contributed by atoms with van der Waals surface area (Å²) in [5.41, 5.74) is -5.91. The largest absolute Gasteiger partial charge is 0.423 e. The molecular weight excluding hydrogens is 453 g/mol. The van der Waals surface area contributed by atoms with E-state index in [0.29, 0.717) is 29.6 Å². The van der Waals surface area contributed by atoms with Gasteiger partial charge in [-0.15, -0.1) is 0 Å². The Morgan fingerprint density at radius 2 is 1.62 bits per heavy atom. The number of benzene rings is 2. The highest BCUT2D eigenvalue weighted by Crippen LogP contribution is 2.35. The quantitative estimate of drug-likeness (QED) is 0.550. The van der Waals surface area contributed by atoms with E-state index >= 15 is 0 Å². The summed E-state index contributed by atoms with van der Waals surface area (Å²) in [6, 6.07) is 7.66. The number of hydrogen-bond donors (Lipinski definition) is 1. The molecule has 1 unspecified atom stereocenters. The maximum absolute atomic E-state index is 13.3. The minimum absolute atomic E-state index is 0.377. The molecule has 1 N–H and O–H groups in total. The van der Waals surface area contributed by atoms with E-state index in [1.165, 1.54) is 0 Å². The van der Waals surface area contributed by atoms with Gasteiger partial charge in [-0.1, -0.05) is 23.7 Å². The van der Waals surface area contributed by atoms with Gasteiger partial charge in [0.05, 0.1) is 11.6 Å². The number of amides is 1. The van der Waals surface area contributed by atoms with Crippen molar-refractivity contribution < 1.29 is 26.8 Å². The maximum atomic E-state index is 13.3. The summed E-state index contributed by atoms with van der Waals surface area (Å²) in [5, 5.41) is 3.23. The van der Waals surface area contributed by atoms with E-state index in [1.807, 2.05) is 19.0 Å². The lowest BCUT2D eigenvalue weighted by Crippen LogP contribution is -2.31. The van der Waals surface area contributed by atoms with Crippen molar-refractivity contribution in [3.8, 4) is 0 Å². The highest BCUT2D eigenvalue weighted by molar-refractivity contribution is 6.30. The van der Waals surface area contributed by atoms with E-state index in [9.17, 15) is 27.6 Å². The van der Waals surface area contributed by atoms with Crippen molar-refractivity contribution in [2.24, 2.45) is 0 Å². The molecule has 1 aromatic heterocycles. The lowest BCUT2D eigenvalue weighted by Gasteiger charge is -2.22. The van der Waals surface area contributed by atoms with Gasteiger partial charge in [-0.05, 0) is 56.9 Å². The number of nitrogens with one attached hydrogen (secondary N) is 1. The second-order valence-corrected chi connectivity index (χ2v) is 7.70. The van der Waals surface area contributed by atoms with Gasteiger partial charge in [0, 0.05) is 5.02 Å². The summed E-state index contributed by atoms with van der Waals surface area (Å²) >= 11 is 5.92. The van der Waals surface area contributed by atoms with Gasteiger partial charge in [-0.25, -0.2) is 9.59 Å². The minimum Gasteiger partial charge on any atom is -0.413 e. The minimum atomic E-state index is -4.90. The molecule has 7 nitrogen and oxygen atoms in total. The number of halogens is 4. The van der Waals surface area contributed by atoms with Crippen LogP contribution in [0.2, 0.25) is 5.02 Å². The molecule has 11 heteroatoms. The van der Waals surface area contributed by atoms with Crippen molar-refractivity contribution in [3.05, 3.63) is 79.0 Å². The van der Waals surface area contributed by atoms with Gasteiger partial charge in [0.25, 0.3) is 5.91 Å². The molecule has 1 amide bonds. The Morgan fingerprint density at radius 1 is 1.03 bits per heavy atom. The van der Waals surface area contributed by atoms with Crippen molar-refractivity contribution in [3.63, 3.8) is 0 Å². The molecule has 170 valence electrons. The zero-order valence-electron chi connectivity index (χ0n) is 17.0. The van der Waals surface area contributed by atoms with Crippen LogP contribution in [-0.2, 0) is 6.18 Å². The summed E-state index contributed by atoms with van der Waals surface area (Å²) in [6.45, 7) is 0.589. The van der Waals surface area contributed by atoms with Gasteiger partial charge in [0.15, 0.2) is 11.2 Å². The first kappa shape index (κ1) is 23.6. The van der Waals surface area contributed by atoms with Crippen LogP contribution in [0.25, 0.3) is 11.2 Å². The van der Waals surface area contributed by atoms with Crippen molar-refractivity contribution in [2.45, 2.75) is 18.6 Å². The van der Waals surface area contributed by atoms with Crippen molar-refractivity contribution in [1.29, 1.82) is 0 Å². The molecule has 0 aliphatic carbocycles. The van der Waals surface area contributed by atoms with Crippen LogP contribution in [0.5, 0.6) is 0 Å². The Bertz CT molecular complexity index is 1250. The van der Waals surface area contributed by atoms with Gasteiger partial charge in [-0.3, -0.25) is 4.79 Å². The fourth-order valence-electron chi connectivity index (χ4n) is 3.08. The molecule has 2 aromatic carbocycles. The third kappa shape index (κ3) is 5.20. The maximum Gasteiger partial charge on any atom is 0.423 e. The highest BCUT2D eigenvalue weighted by Gasteiger charge is 2.36. The third-order valence-corrected chi connectivity index (χ3v) is 4.91. The normalized spacial score (nSPS) is 12.8. The zero-order chi connectivity index (χ0) is 23.6. The van der Waals surface area contributed by atoms with Gasteiger partial charge in [-0.2, -0.15) is 13.2 Å². The van der Waals surface area contributed by atoms with Gasteiger partial charge in [0.1, 0.15) is 5.56 Å². The predicted octanol–water partition coefficient (Wildman–Crippen LogP) is 3.84. The fraction of sp³-hybridized carbons (Fsp3) is 0.286. The molecule has 0 saturated heterocycles. The lowest BCUT2D eigenvalue weighted by molar-refractivity contribution is -0.137. The van der Waals surface area contributed by atoms with E-state index in [0.717, 1.165) is 6.07 Å². The van der Waals surface area contributed by atoms with Gasteiger partial charge in [0.2, 0.25) is 0 Å². The zero-order valence-corrected chi connectivity index (χ0v) is 17.7. The van der Waals surface area contributed by atoms with E-state index in [1.54, 1.807) is 24.3 Å². The van der Waals surface area contributed by atoms with E-state index in [2.05, 4.69) is 9.73 Å². The topological polar surface area (TPSA) is 92.8 Å². The molecule has 32 heavy (non-hydrogen) atoms. The molecule has 0 bridgehead atoms. The average molecular weight is 471 g/mol. The second kappa shape index (κ2) is 9.17. The number of carbonyl (C=O) groups is 1. The SMILES string of the molecule is CN(C)CCC(NC(=O)c1ccc(C(F)(F)F)c2oc(=O)c(=O)oc12)c1ccc(Cl)cc1. The number of fused-ring (bicyclic) bond motifs is 1. The lowest BCUT2D eigenvalue weighted by atomic mass is 10.0. The summed E-state index contributed by atoms with van der Waals surface area (Å²) in [6.07, 6.45) is -4.43. The summed E-state index contributed by atoms with van der Waals surface area (Å²) in [5.74, 6) is -0.806. The monoisotopic (exact) mass is 470 g/mol. The first-order valence-corrected chi connectivity index (χ1v) is 9.74. The van der Waals surface area contributed by atoms with Crippen LogP contribution in [0, 0.1) is 0 Å². The highest BCUT2D eigenvalue weighted by atomic mass is 35.5. The first-order chi connectivity index (χ1) is 15.0. The van der Waals surface area contributed by atoms with Crippen LogP contribution < -0.4 is 16.6 Å². The Hall–Kier alpha value is -3.11. The van der Waals surface area contributed by atoms with E-state index in [-0.39, 0.29) is 5.56 Å². The number of nitrogens with zero attached hydrogens (tertiary/aromatic N) is 1. The van der Waals surface area contributed by atoms with Crippen LogP contribution in [0.3, 0.4) is 0 Å². The van der Waals surface area contributed by atoms with Crippen molar-refractivity contribution >= 4 is 28.7 Å². The summed E-state index contributed by atoms with van der Waals surface area (Å²) in [4.78, 5) is 38.0. The van der Waals surface area contributed by atoms with Crippen LogP contribution in [0.1, 0.15) is 33.9 Å². The Balaban J connectivity index is 2.05. The molecule has 1 heterocycles. The Kier molecular flexibility index (Phi) is 6.75. The predicted molar refractivity (Wildman–Crippen MR) is 111 cm³/mol. The Labute approximate surface area is 184 Å². The van der Waals surface area contributed by atoms with Crippen molar-refractivity contribution in [1.82, 2.24) is 10.2 Å². The number of hydrogen-bond acceptors (Lipinski definition) is 6. The van der Waals surface area contributed by atoms with Gasteiger partial charge >= 0.3 is 17.4 Å². The molecule has 0 spiro atoms. The number of rotatable bonds is 6. The molecule has 0 fully saturated rings. The molecule has 3 rings (SSSR count). The van der Waals surface area contributed by atoms with E-state index < -0.39 is 46.1 Å². The Morgan fingerprint density at radius 3 is 2.19 bits per heavy atom. The second-order valence-electron chi connectivity index (χ2n) is 7.27. The summed E-state index contributed by atoms with van der Waals surface area (Å²) in [7, 11) is 3.70. The standard InChI is InChI=1S/C21H18ClF3N2O5/c1-27(2)10-9-15(11-3-5-12(22)6-4-11)26-18(28)13-7-8-14(21(23,24)25)17-16(13)31-19(29)20(30)32-17/h3-8,15H,9-10H2,1-2H3,(H,26,28). The van der Waals surface area contributed by atoms with Crippen LogP contribution in [0.4, 0.5) is 13.2 Å². The van der Waals surface area contributed by atoms with Gasteiger partial charge < -0.3 is 19.1 Å². The molecule has 0 saturated carbocycles. The molecule has 0 aliphatic heterocycles. The molecule has 3 aromatic rings. The first-order valence-electron chi connectivity index (χ1n) is 9.36. The summed E-state index contributed by atoms with van der Waals surface area (Å²) < 4.78 is 49.2. The van der Waals surface area contributed by atoms with Crippen LogP contribution >= 0.6 is 11.6 Å². The van der Waals surface area contributed by atoms with Crippen LogP contribution in [0.15, 0.2) is 54.8 Å². The number of carbonyl (C=O) groups excluding carboxylic acids is 1. The van der Waals surface area contributed by atoms with Crippen molar-refractivity contribution in [2.75, 3.05) is 20.6 Å². The molecular formula is C21H18ClF3N2O5. The fourth-order valence-corrected chi connectivity index (χ4v) is 3.20. The average Bonchev–Trinajstić information content (AvgIpc) is 2.71. The molecule has 1 atom stereocenters. The molecule has 0 aliphatic rings. The van der Waals surface area contributed by atoms with E-state index in [4.69, 9.17) is 16.0 Å². The number of alkyl halides is 3.